The van der Waals surface area contributed by atoms with E-state index in [2.05, 4.69) is 37.5 Å². The predicted molar refractivity (Wildman–Crippen MR) is 127 cm³/mol. The normalized spacial score (nSPS) is 10.7. The molecular formula is C18H35N3OS4. The largest absolute Gasteiger partial charge is 0.358 e. The van der Waals surface area contributed by atoms with Crippen molar-refractivity contribution >= 4 is 62.5 Å². The molecule has 1 amide bonds. The van der Waals surface area contributed by atoms with E-state index < -0.39 is 0 Å². The number of hydrogen-bond donors (Lipinski definition) is 0. The van der Waals surface area contributed by atoms with Crippen LogP contribution in [0.5, 0.6) is 0 Å². The molecule has 0 heterocycles. The molecule has 152 valence electrons. The Labute approximate surface area is 179 Å². The first-order chi connectivity index (χ1) is 12.4. The zero-order valence-corrected chi connectivity index (χ0v) is 20.4. The van der Waals surface area contributed by atoms with E-state index in [9.17, 15) is 4.79 Å². The van der Waals surface area contributed by atoms with Crippen LogP contribution in [0.25, 0.3) is 0 Å². The summed E-state index contributed by atoms with van der Waals surface area (Å²) >= 11 is 14.3. The van der Waals surface area contributed by atoms with E-state index in [4.69, 9.17) is 24.4 Å². The maximum atomic E-state index is 12.9. The Morgan fingerprint density at radius 1 is 0.692 bits per heavy atom. The molecule has 0 radical (unpaired) electrons. The molecule has 0 saturated carbocycles. The van der Waals surface area contributed by atoms with Gasteiger partial charge in [0.1, 0.15) is 8.64 Å². The van der Waals surface area contributed by atoms with Crippen LogP contribution in [0.1, 0.15) is 41.5 Å². The van der Waals surface area contributed by atoms with Crippen LogP contribution in [0.3, 0.4) is 0 Å². The number of nitrogens with zero attached hydrogens (tertiary/aromatic N) is 3. The molecule has 0 unspecified atom stereocenters. The SMILES string of the molecule is CCN(CC)C(=O)C(CSC(=S)N(CC)CC)CSC(=S)N(CC)CC. The number of hydrogen-bond acceptors (Lipinski definition) is 5. The maximum absolute atomic E-state index is 12.9. The van der Waals surface area contributed by atoms with Gasteiger partial charge in [0.15, 0.2) is 0 Å². The first kappa shape index (κ1) is 26.0. The molecule has 0 aromatic heterocycles. The van der Waals surface area contributed by atoms with Gasteiger partial charge in [-0.3, -0.25) is 4.79 Å². The van der Waals surface area contributed by atoms with Crippen molar-refractivity contribution in [2.45, 2.75) is 41.5 Å². The van der Waals surface area contributed by atoms with Crippen LogP contribution >= 0.6 is 48.0 Å². The molecule has 0 aliphatic carbocycles. The van der Waals surface area contributed by atoms with Gasteiger partial charge >= 0.3 is 0 Å². The summed E-state index contributed by atoms with van der Waals surface area (Å²) in [5.41, 5.74) is 0. The fourth-order valence-corrected chi connectivity index (χ4v) is 5.64. The van der Waals surface area contributed by atoms with E-state index in [-0.39, 0.29) is 11.8 Å². The van der Waals surface area contributed by atoms with Crippen molar-refractivity contribution < 1.29 is 4.79 Å². The van der Waals surface area contributed by atoms with Gasteiger partial charge in [0.05, 0.1) is 5.92 Å². The quantitative estimate of drug-likeness (QED) is 0.447. The Hall–Kier alpha value is -0.0500. The average Bonchev–Trinajstić information content (AvgIpc) is 2.64. The van der Waals surface area contributed by atoms with Crippen LogP contribution < -0.4 is 0 Å². The van der Waals surface area contributed by atoms with Crippen LogP contribution in [0.15, 0.2) is 0 Å². The summed E-state index contributed by atoms with van der Waals surface area (Å²) in [6, 6.07) is 0. The van der Waals surface area contributed by atoms with E-state index in [0.717, 1.165) is 47.9 Å². The number of thiocarbonyl (C=S) groups is 2. The fourth-order valence-electron chi connectivity index (χ4n) is 2.47. The van der Waals surface area contributed by atoms with E-state index in [1.807, 2.05) is 18.7 Å². The molecule has 8 heteroatoms. The minimum atomic E-state index is -0.0769. The van der Waals surface area contributed by atoms with E-state index in [1.54, 1.807) is 23.5 Å². The van der Waals surface area contributed by atoms with Gasteiger partial charge < -0.3 is 14.7 Å². The number of rotatable bonds is 11. The van der Waals surface area contributed by atoms with E-state index in [1.165, 1.54) is 0 Å². The minimum Gasteiger partial charge on any atom is -0.358 e. The van der Waals surface area contributed by atoms with Gasteiger partial charge in [-0.25, -0.2) is 0 Å². The molecule has 0 aromatic rings. The summed E-state index contributed by atoms with van der Waals surface area (Å²) in [4.78, 5) is 19.2. The predicted octanol–water partition coefficient (Wildman–Crippen LogP) is 4.19. The van der Waals surface area contributed by atoms with Gasteiger partial charge in [0, 0.05) is 50.8 Å². The summed E-state index contributed by atoms with van der Waals surface area (Å²) < 4.78 is 1.76. The van der Waals surface area contributed by atoms with Gasteiger partial charge in [-0.1, -0.05) is 48.0 Å². The van der Waals surface area contributed by atoms with Gasteiger partial charge in [-0.05, 0) is 41.5 Å². The Bertz CT molecular complexity index is 408. The number of amides is 1. The summed E-state index contributed by atoms with van der Waals surface area (Å²) in [6.45, 7) is 17.6. The topological polar surface area (TPSA) is 26.8 Å². The maximum Gasteiger partial charge on any atom is 0.227 e. The van der Waals surface area contributed by atoms with Crippen molar-refractivity contribution in [1.82, 2.24) is 14.7 Å². The monoisotopic (exact) mass is 437 g/mol. The van der Waals surface area contributed by atoms with Crippen molar-refractivity contribution in [2.24, 2.45) is 5.92 Å². The number of thioether (sulfide) groups is 2. The first-order valence-corrected chi connectivity index (χ1v) is 12.3. The Kier molecular flexibility index (Phi) is 14.9. The van der Waals surface area contributed by atoms with E-state index >= 15 is 0 Å². The molecule has 0 aliphatic heterocycles. The Morgan fingerprint density at radius 3 is 1.27 bits per heavy atom. The highest BCUT2D eigenvalue weighted by molar-refractivity contribution is 8.23. The Morgan fingerprint density at radius 2 is 1.00 bits per heavy atom. The molecule has 0 fully saturated rings. The number of carbonyl (C=O) groups excluding carboxylic acids is 1. The Balaban J connectivity index is 4.98. The van der Waals surface area contributed by atoms with Crippen LogP contribution in [0.2, 0.25) is 0 Å². The van der Waals surface area contributed by atoms with Crippen LogP contribution in [0.4, 0.5) is 0 Å². The third-order valence-corrected chi connectivity index (χ3v) is 7.66. The highest BCUT2D eigenvalue weighted by Gasteiger charge is 2.25. The molecule has 0 N–H and O–H groups in total. The molecular weight excluding hydrogens is 402 g/mol. The smallest absolute Gasteiger partial charge is 0.227 e. The van der Waals surface area contributed by atoms with Crippen molar-refractivity contribution in [3.63, 3.8) is 0 Å². The second kappa shape index (κ2) is 14.9. The lowest BCUT2D eigenvalue weighted by molar-refractivity contribution is -0.133. The zero-order chi connectivity index (χ0) is 20.1. The highest BCUT2D eigenvalue weighted by atomic mass is 32.2. The van der Waals surface area contributed by atoms with Crippen molar-refractivity contribution in [3.05, 3.63) is 0 Å². The second-order valence-corrected chi connectivity index (χ2v) is 9.01. The first-order valence-electron chi connectivity index (χ1n) is 9.51. The molecule has 0 atom stereocenters. The lowest BCUT2D eigenvalue weighted by Crippen LogP contribution is -2.39. The second-order valence-electron chi connectivity index (χ2n) is 5.71. The lowest BCUT2D eigenvalue weighted by atomic mass is 10.2. The van der Waals surface area contributed by atoms with Crippen LogP contribution in [-0.4, -0.2) is 80.0 Å². The fraction of sp³-hybridized carbons (Fsp3) is 0.833. The van der Waals surface area contributed by atoms with Gasteiger partial charge in [-0.15, -0.1) is 0 Å². The van der Waals surface area contributed by atoms with Gasteiger partial charge in [-0.2, -0.15) is 0 Å². The summed E-state index contributed by atoms with van der Waals surface area (Å²) in [7, 11) is 0. The van der Waals surface area contributed by atoms with Gasteiger partial charge in [0.2, 0.25) is 5.91 Å². The van der Waals surface area contributed by atoms with Crippen molar-refractivity contribution in [1.29, 1.82) is 0 Å². The molecule has 0 rings (SSSR count). The molecule has 0 aliphatic rings. The molecule has 0 aromatic carbocycles. The summed E-state index contributed by atoms with van der Waals surface area (Å²) in [5.74, 6) is 1.54. The summed E-state index contributed by atoms with van der Waals surface area (Å²) in [5, 5.41) is 0. The van der Waals surface area contributed by atoms with E-state index in [0.29, 0.717) is 11.5 Å². The molecule has 0 bridgehead atoms. The third-order valence-electron chi connectivity index (χ3n) is 4.28. The minimum absolute atomic E-state index is 0.0769. The summed E-state index contributed by atoms with van der Waals surface area (Å²) in [6.07, 6.45) is 0. The van der Waals surface area contributed by atoms with Crippen LogP contribution in [0, 0.1) is 5.92 Å². The molecule has 26 heavy (non-hydrogen) atoms. The standard InChI is InChI=1S/C18H35N3OS4/c1-7-19(8-2)16(22)15(13-25-17(23)20(9-3)10-4)14-26-18(24)21(11-5)12-6/h15H,7-14H2,1-6H3. The van der Waals surface area contributed by atoms with Crippen molar-refractivity contribution in [2.75, 3.05) is 50.8 Å². The zero-order valence-electron chi connectivity index (χ0n) is 17.1. The molecule has 4 nitrogen and oxygen atoms in total. The average molecular weight is 438 g/mol. The van der Waals surface area contributed by atoms with Crippen molar-refractivity contribution in [3.8, 4) is 0 Å². The molecule has 0 spiro atoms. The van der Waals surface area contributed by atoms with Gasteiger partial charge in [0.25, 0.3) is 0 Å². The molecule has 0 saturated heterocycles. The number of carbonyl (C=O) groups is 1. The van der Waals surface area contributed by atoms with Crippen LogP contribution in [-0.2, 0) is 4.79 Å². The third kappa shape index (κ3) is 8.76. The lowest BCUT2D eigenvalue weighted by Gasteiger charge is -2.27. The highest BCUT2D eigenvalue weighted by Crippen LogP contribution is 2.22.